The number of alkyl halides is 2. The van der Waals surface area contributed by atoms with E-state index < -0.39 is 23.3 Å². The third kappa shape index (κ3) is 21.2. The molecule has 0 aromatic carbocycles. The average Bonchev–Trinajstić information content (AvgIpc) is 2.34. The van der Waals surface area contributed by atoms with Crippen LogP contribution in [0.3, 0.4) is 0 Å². The van der Waals surface area contributed by atoms with Crippen LogP contribution in [0.5, 0.6) is 0 Å². The van der Waals surface area contributed by atoms with E-state index in [1.165, 1.54) is 0 Å². The lowest BCUT2D eigenvalue weighted by Gasteiger charge is -2.20. The minimum atomic E-state index is -0.688. The maximum atomic E-state index is 11.1. The molecule has 0 rings (SSSR count). The summed E-state index contributed by atoms with van der Waals surface area (Å²) in [4.78, 5) is 33.1. The third-order valence-electron chi connectivity index (χ3n) is 2.40. The molecule has 1 atom stereocenters. The number of hydrogen-bond donors (Lipinski definition) is 1. The molecule has 8 heteroatoms. The highest BCUT2D eigenvalue weighted by molar-refractivity contribution is 6.19. The van der Waals surface area contributed by atoms with Gasteiger partial charge in [-0.2, -0.15) is 0 Å². The van der Waals surface area contributed by atoms with Gasteiger partial charge in [0.15, 0.2) is 0 Å². The number of hydrogen-bond acceptors (Lipinski definition) is 6. The highest BCUT2D eigenvalue weighted by atomic mass is 35.5. The van der Waals surface area contributed by atoms with Crippen molar-refractivity contribution in [1.82, 2.24) is 0 Å². The van der Waals surface area contributed by atoms with Gasteiger partial charge in [0.1, 0.15) is 23.4 Å². The van der Waals surface area contributed by atoms with E-state index in [1.807, 2.05) is 0 Å². The highest BCUT2D eigenvalue weighted by Crippen LogP contribution is 2.10. The highest BCUT2D eigenvalue weighted by Gasteiger charge is 2.19. The molecule has 0 aliphatic heterocycles. The molecule has 0 aliphatic rings. The Morgan fingerprint density at radius 1 is 0.885 bits per heavy atom. The summed E-state index contributed by atoms with van der Waals surface area (Å²) in [6.07, 6.45) is -0.206. The van der Waals surface area contributed by atoms with Crippen LogP contribution in [0, 0.1) is 0 Å². The standard InChI is InChI=1S/C9H17ClO3.C9H15ClO3/c2*1-9(2,3)13-8(12)6-7(11)4-5-10/h7,11H,4-6H2,1-3H3;4-6H2,1-3H3/t7-;/m0./s1. The molecule has 0 unspecified atom stereocenters. The van der Waals surface area contributed by atoms with Gasteiger partial charge < -0.3 is 14.6 Å². The van der Waals surface area contributed by atoms with Gasteiger partial charge in [0.05, 0.1) is 12.5 Å². The number of halogens is 2. The Kier molecular flexibility index (Phi) is 14.0. The van der Waals surface area contributed by atoms with E-state index in [4.69, 9.17) is 32.7 Å². The Morgan fingerprint density at radius 3 is 1.73 bits per heavy atom. The minimum Gasteiger partial charge on any atom is -0.460 e. The van der Waals surface area contributed by atoms with Crippen molar-refractivity contribution in [3.8, 4) is 0 Å². The molecule has 0 aromatic rings. The number of ether oxygens (including phenoxy) is 2. The van der Waals surface area contributed by atoms with Gasteiger partial charge in [-0.05, 0) is 48.0 Å². The monoisotopic (exact) mass is 414 g/mol. The predicted molar refractivity (Wildman–Crippen MR) is 103 cm³/mol. The molecule has 6 nitrogen and oxygen atoms in total. The topological polar surface area (TPSA) is 89.9 Å². The van der Waals surface area contributed by atoms with Crippen LogP contribution in [0.4, 0.5) is 0 Å². The summed E-state index contributed by atoms with van der Waals surface area (Å²) in [6.45, 7) is 10.7. The molecule has 26 heavy (non-hydrogen) atoms. The number of aliphatic hydroxyl groups is 1. The van der Waals surface area contributed by atoms with Gasteiger partial charge in [0.25, 0.3) is 0 Å². The van der Waals surface area contributed by atoms with Crippen molar-refractivity contribution in [3.63, 3.8) is 0 Å². The lowest BCUT2D eigenvalue weighted by atomic mass is 10.1. The van der Waals surface area contributed by atoms with Crippen LogP contribution < -0.4 is 0 Å². The second-order valence-electron chi connectivity index (χ2n) is 7.66. The molecular weight excluding hydrogens is 383 g/mol. The van der Waals surface area contributed by atoms with E-state index in [-0.39, 0.29) is 36.9 Å². The van der Waals surface area contributed by atoms with E-state index in [0.717, 1.165) is 0 Å². The largest absolute Gasteiger partial charge is 0.460 e. The van der Waals surface area contributed by atoms with Crippen LogP contribution >= 0.6 is 23.2 Å². The first-order valence-electron chi connectivity index (χ1n) is 8.45. The van der Waals surface area contributed by atoms with Gasteiger partial charge in [-0.3, -0.25) is 14.4 Å². The maximum absolute atomic E-state index is 11.1. The first-order valence-corrected chi connectivity index (χ1v) is 9.52. The van der Waals surface area contributed by atoms with Gasteiger partial charge in [-0.15, -0.1) is 23.2 Å². The van der Waals surface area contributed by atoms with E-state index in [1.54, 1.807) is 41.5 Å². The summed E-state index contributed by atoms with van der Waals surface area (Å²) in [5.41, 5.74) is -1.02. The van der Waals surface area contributed by atoms with Crippen LogP contribution in [0.1, 0.15) is 67.2 Å². The van der Waals surface area contributed by atoms with Gasteiger partial charge in [-0.1, -0.05) is 0 Å². The molecule has 0 aliphatic carbocycles. The third-order valence-corrected chi connectivity index (χ3v) is 2.81. The number of Topliss-reactive ketones (excluding diaryl/α,β-unsaturated/α-hetero) is 1. The second kappa shape index (κ2) is 13.3. The Hall–Kier alpha value is -0.850. The van der Waals surface area contributed by atoms with Crippen LogP contribution in [0.2, 0.25) is 0 Å². The first-order chi connectivity index (χ1) is 11.7. The van der Waals surface area contributed by atoms with Gasteiger partial charge in [-0.25, -0.2) is 0 Å². The molecule has 154 valence electrons. The van der Waals surface area contributed by atoms with Gasteiger partial charge in [0, 0.05) is 18.2 Å². The quantitative estimate of drug-likeness (QED) is 0.370. The minimum absolute atomic E-state index is 0.0178. The van der Waals surface area contributed by atoms with Crippen molar-refractivity contribution in [3.05, 3.63) is 0 Å². The normalized spacial score (nSPS) is 12.5. The molecule has 0 saturated heterocycles. The van der Waals surface area contributed by atoms with Crippen LogP contribution in [-0.2, 0) is 23.9 Å². The predicted octanol–water partition coefficient (Wildman–Crippen LogP) is 3.62. The molecule has 0 amide bonds. The zero-order valence-electron chi connectivity index (χ0n) is 16.6. The Bertz CT molecular complexity index is 438. The van der Waals surface area contributed by atoms with Crippen LogP contribution in [0.25, 0.3) is 0 Å². The Labute approximate surface area is 166 Å². The fraction of sp³-hybridized carbons (Fsp3) is 0.833. The summed E-state index contributed by atoms with van der Waals surface area (Å²) in [5.74, 6) is -0.442. The number of rotatable bonds is 8. The van der Waals surface area contributed by atoms with Crippen LogP contribution in [-0.4, -0.2) is 51.9 Å². The summed E-state index contributed by atoms with van der Waals surface area (Å²) >= 11 is 10.7. The van der Waals surface area contributed by atoms with Crippen molar-refractivity contribution >= 4 is 40.9 Å². The SMILES string of the molecule is CC(C)(C)OC(=O)CC(=O)CCCl.CC(C)(C)OC(=O)C[C@@H](O)CCCl. The van der Waals surface area contributed by atoms with Gasteiger partial charge >= 0.3 is 11.9 Å². The molecule has 0 bridgehead atoms. The van der Waals surface area contributed by atoms with Crippen molar-refractivity contribution in [2.24, 2.45) is 0 Å². The number of esters is 2. The molecule has 0 heterocycles. The van der Waals surface area contributed by atoms with Crippen molar-refractivity contribution in [1.29, 1.82) is 0 Å². The second-order valence-corrected chi connectivity index (χ2v) is 8.42. The Balaban J connectivity index is 0. The summed E-state index contributed by atoms with van der Waals surface area (Å²) < 4.78 is 9.96. The number of aliphatic hydroxyl groups excluding tert-OH is 1. The van der Waals surface area contributed by atoms with Crippen molar-refractivity contribution in [2.45, 2.75) is 84.5 Å². The first kappa shape index (κ1) is 27.4. The maximum Gasteiger partial charge on any atom is 0.313 e. The molecule has 1 N–H and O–H groups in total. The lowest BCUT2D eigenvalue weighted by molar-refractivity contribution is -0.158. The summed E-state index contributed by atoms with van der Waals surface area (Å²) in [7, 11) is 0. The van der Waals surface area contributed by atoms with E-state index in [9.17, 15) is 19.5 Å². The van der Waals surface area contributed by atoms with Crippen molar-refractivity contribution < 1.29 is 29.0 Å². The number of ketones is 1. The molecule has 0 radical (unpaired) electrons. The number of carbonyl (C=O) groups excluding carboxylic acids is 3. The van der Waals surface area contributed by atoms with E-state index in [0.29, 0.717) is 12.3 Å². The van der Waals surface area contributed by atoms with Crippen LogP contribution in [0.15, 0.2) is 0 Å². The smallest absolute Gasteiger partial charge is 0.313 e. The van der Waals surface area contributed by atoms with Gasteiger partial charge in [0.2, 0.25) is 0 Å². The zero-order valence-corrected chi connectivity index (χ0v) is 18.1. The molecule has 0 aromatic heterocycles. The molecular formula is C18H32Cl2O6. The molecule has 0 fully saturated rings. The summed E-state index contributed by atoms with van der Waals surface area (Å²) in [5, 5.41) is 9.23. The van der Waals surface area contributed by atoms with E-state index >= 15 is 0 Å². The van der Waals surface area contributed by atoms with Crippen molar-refractivity contribution in [2.75, 3.05) is 11.8 Å². The molecule has 0 saturated carbocycles. The fourth-order valence-corrected chi connectivity index (χ4v) is 2.00. The molecule has 0 spiro atoms. The number of carbonyl (C=O) groups is 3. The summed E-state index contributed by atoms with van der Waals surface area (Å²) in [6, 6.07) is 0. The average molecular weight is 415 g/mol. The fourth-order valence-electron chi connectivity index (χ4n) is 1.54. The zero-order chi connectivity index (χ0) is 21.0. The Morgan fingerprint density at radius 2 is 1.35 bits per heavy atom. The van der Waals surface area contributed by atoms with E-state index in [2.05, 4.69) is 0 Å². The lowest BCUT2D eigenvalue weighted by Crippen LogP contribution is -2.26.